The van der Waals surface area contributed by atoms with E-state index in [2.05, 4.69) is 0 Å². The van der Waals surface area contributed by atoms with Gasteiger partial charge in [0.1, 0.15) is 0 Å². The molecule has 1 amide bonds. The van der Waals surface area contributed by atoms with Gasteiger partial charge in [-0.15, -0.1) is 0 Å². The van der Waals surface area contributed by atoms with E-state index in [4.69, 9.17) is 0 Å². The van der Waals surface area contributed by atoms with Gasteiger partial charge in [-0.25, -0.2) is 0 Å². The minimum absolute atomic E-state index is 0.172. The Morgan fingerprint density at radius 3 is 2.29 bits per heavy atom. The van der Waals surface area contributed by atoms with Crippen molar-refractivity contribution in [2.45, 2.75) is 33.2 Å². The summed E-state index contributed by atoms with van der Waals surface area (Å²) in [6.07, 6.45) is 0.549. The molecule has 0 bridgehead atoms. The van der Waals surface area contributed by atoms with Crippen molar-refractivity contribution in [2.75, 3.05) is 4.90 Å². The summed E-state index contributed by atoms with van der Waals surface area (Å²) < 4.78 is 0. The Morgan fingerprint density at radius 2 is 1.86 bits per heavy atom. The standard InChI is InChI=1S/C12H17NO/c1-4-12(14)13(10(2)3)11-8-6-5-7-9-11/h5-10H,4H2,1-3H3. The Bertz CT molecular complexity index is 292. The molecule has 0 fully saturated rings. The maximum absolute atomic E-state index is 11.7. The second-order valence-corrected chi connectivity index (χ2v) is 3.55. The third-order valence-electron chi connectivity index (χ3n) is 2.12. The van der Waals surface area contributed by atoms with Crippen molar-refractivity contribution >= 4 is 11.6 Å². The van der Waals surface area contributed by atoms with Crippen LogP contribution in [0.5, 0.6) is 0 Å². The first-order valence-corrected chi connectivity index (χ1v) is 5.04. The third-order valence-corrected chi connectivity index (χ3v) is 2.12. The van der Waals surface area contributed by atoms with Crippen molar-refractivity contribution in [3.63, 3.8) is 0 Å². The van der Waals surface area contributed by atoms with Crippen molar-refractivity contribution in [3.05, 3.63) is 30.3 Å². The van der Waals surface area contributed by atoms with E-state index in [9.17, 15) is 4.79 Å². The molecular formula is C12H17NO. The molecule has 0 radical (unpaired) electrons. The fraction of sp³-hybridized carbons (Fsp3) is 0.417. The summed E-state index contributed by atoms with van der Waals surface area (Å²) in [7, 11) is 0. The summed E-state index contributed by atoms with van der Waals surface area (Å²) in [5.74, 6) is 0.172. The maximum Gasteiger partial charge on any atom is 0.226 e. The van der Waals surface area contributed by atoms with E-state index in [1.54, 1.807) is 0 Å². The summed E-state index contributed by atoms with van der Waals surface area (Å²) in [5.41, 5.74) is 0.981. The van der Waals surface area contributed by atoms with Gasteiger partial charge >= 0.3 is 0 Å². The molecule has 0 aliphatic carbocycles. The number of nitrogens with zero attached hydrogens (tertiary/aromatic N) is 1. The molecule has 0 spiro atoms. The zero-order valence-electron chi connectivity index (χ0n) is 9.03. The monoisotopic (exact) mass is 191 g/mol. The number of amides is 1. The molecular weight excluding hydrogens is 174 g/mol. The van der Waals surface area contributed by atoms with E-state index < -0.39 is 0 Å². The Morgan fingerprint density at radius 1 is 1.29 bits per heavy atom. The van der Waals surface area contributed by atoms with E-state index in [0.717, 1.165) is 5.69 Å². The highest BCUT2D eigenvalue weighted by molar-refractivity contribution is 5.93. The highest BCUT2D eigenvalue weighted by Crippen LogP contribution is 2.17. The molecule has 0 saturated carbocycles. The first-order valence-electron chi connectivity index (χ1n) is 5.04. The molecule has 0 aliphatic heterocycles. The Labute approximate surface area is 85.5 Å². The van der Waals surface area contributed by atoms with Crippen LogP contribution in [-0.2, 0) is 4.79 Å². The van der Waals surface area contributed by atoms with Crippen LogP contribution in [0.15, 0.2) is 30.3 Å². The van der Waals surface area contributed by atoms with Gasteiger partial charge in [-0.05, 0) is 26.0 Å². The predicted octanol–water partition coefficient (Wildman–Crippen LogP) is 2.84. The molecule has 1 aromatic rings. The van der Waals surface area contributed by atoms with Crippen molar-refractivity contribution in [1.82, 2.24) is 0 Å². The minimum atomic E-state index is 0.172. The number of carbonyl (C=O) groups is 1. The largest absolute Gasteiger partial charge is 0.310 e. The van der Waals surface area contributed by atoms with Crippen LogP contribution in [-0.4, -0.2) is 11.9 Å². The molecule has 0 N–H and O–H groups in total. The number of hydrogen-bond acceptors (Lipinski definition) is 1. The number of carbonyl (C=O) groups excluding carboxylic acids is 1. The highest BCUT2D eigenvalue weighted by Gasteiger charge is 2.16. The lowest BCUT2D eigenvalue weighted by atomic mass is 10.2. The van der Waals surface area contributed by atoms with Crippen LogP contribution in [0.3, 0.4) is 0 Å². The normalized spacial score (nSPS) is 10.3. The van der Waals surface area contributed by atoms with Gasteiger partial charge in [0.05, 0.1) is 0 Å². The van der Waals surface area contributed by atoms with Crippen LogP contribution in [0, 0.1) is 0 Å². The van der Waals surface area contributed by atoms with Crippen molar-refractivity contribution in [3.8, 4) is 0 Å². The van der Waals surface area contributed by atoms with Crippen LogP contribution in [0.25, 0.3) is 0 Å². The molecule has 76 valence electrons. The van der Waals surface area contributed by atoms with Gasteiger partial charge < -0.3 is 4.90 Å². The smallest absolute Gasteiger partial charge is 0.226 e. The minimum Gasteiger partial charge on any atom is -0.310 e. The van der Waals surface area contributed by atoms with Gasteiger partial charge in [-0.2, -0.15) is 0 Å². The number of rotatable bonds is 3. The van der Waals surface area contributed by atoms with E-state index in [-0.39, 0.29) is 11.9 Å². The molecule has 0 unspecified atom stereocenters. The predicted molar refractivity (Wildman–Crippen MR) is 59.4 cm³/mol. The fourth-order valence-corrected chi connectivity index (χ4v) is 1.49. The number of anilines is 1. The number of hydrogen-bond donors (Lipinski definition) is 0. The molecule has 0 aromatic heterocycles. The van der Waals surface area contributed by atoms with Gasteiger partial charge in [0.2, 0.25) is 5.91 Å². The average Bonchev–Trinajstić information content (AvgIpc) is 2.19. The van der Waals surface area contributed by atoms with Gasteiger partial charge in [0.15, 0.2) is 0 Å². The molecule has 14 heavy (non-hydrogen) atoms. The number of benzene rings is 1. The second-order valence-electron chi connectivity index (χ2n) is 3.55. The van der Waals surface area contributed by atoms with Crippen LogP contribution in [0.2, 0.25) is 0 Å². The van der Waals surface area contributed by atoms with Gasteiger partial charge in [-0.3, -0.25) is 4.79 Å². The van der Waals surface area contributed by atoms with Crippen molar-refractivity contribution in [2.24, 2.45) is 0 Å². The van der Waals surface area contributed by atoms with Crippen molar-refractivity contribution in [1.29, 1.82) is 0 Å². The van der Waals surface area contributed by atoms with E-state index in [1.807, 2.05) is 56.0 Å². The van der Waals surface area contributed by atoms with Gasteiger partial charge in [-0.1, -0.05) is 25.1 Å². The van der Waals surface area contributed by atoms with Crippen LogP contribution in [0.4, 0.5) is 5.69 Å². The Balaban J connectivity index is 2.95. The molecule has 2 heteroatoms. The summed E-state index contributed by atoms with van der Waals surface area (Å²) in [5, 5.41) is 0. The maximum atomic E-state index is 11.7. The SMILES string of the molecule is CCC(=O)N(c1ccccc1)C(C)C. The van der Waals surface area contributed by atoms with Crippen LogP contribution >= 0.6 is 0 Å². The summed E-state index contributed by atoms with van der Waals surface area (Å²) in [4.78, 5) is 13.5. The molecule has 0 aliphatic rings. The van der Waals surface area contributed by atoms with Gasteiger partial charge in [0, 0.05) is 18.2 Å². The number of para-hydroxylation sites is 1. The lowest BCUT2D eigenvalue weighted by Crippen LogP contribution is -2.36. The molecule has 0 atom stereocenters. The van der Waals surface area contributed by atoms with Crippen LogP contribution in [0.1, 0.15) is 27.2 Å². The molecule has 1 rings (SSSR count). The molecule has 0 saturated heterocycles. The Kier molecular flexibility index (Phi) is 3.69. The topological polar surface area (TPSA) is 20.3 Å². The quantitative estimate of drug-likeness (QED) is 0.719. The van der Waals surface area contributed by atoms with Crippen LogP contribution < -0.4 is 4.90 Å². The van der Waals surface area contributed by atoms with Crippen molar-refractivity contribution < 1.29 is 4.79 Å². The fourth-order valence-electron chi connectivity index (χ4n) is 1.49. The second kappa shape index (κ2) is 4.80. The molecule has 1 aromatic carbocycles. The van der Waals surface area contributed by atoms with E-state index in [1.165, 1.54) is 0 Å². The zero-order chi connectivity index (χ0) is 10.6. The summed E-state index contributed by atoms with van der Waals surface area (Å²) in [6.45, 7) is 5.95. The molecule has 2 nitrogen and oxygen atoms in total. The Hall–Kier alpha value is -1.31. The van der Waals surface area contributed by atoms with E-state index >= 15 is 0 Å². The molecule has 0 heterocycles. The highest BCUT2D eigenvalue weighted by atomic mass is 16.2. The lowest BCUT2D eigenvalue weighted by Gasteiger charge is -2.26. The lowest BCUT2D eigenvalue weighted by molar-refractivity contribution is -0.118. The van der Waals surface area contributed by atoms with E-state index in [0.29, 0.717) is 6.42 Å². The summed E-state index contributed by atoms with van der Waals surface area (Å²) >= 11 is 0. The first-order chi connectivity index (χ1) is 6.66. The third kappa shape index (κ3) is 2.34. The van der Waals surface area contributed by atoms with Gasteiger partial charge in [0.25, 0.3) is 0 Å². The first kappa shape index (κ1) is 10.8. The average molecular weight is 191 g/mol. The zero-order valence-corrected chi connectivity index (χ0v) is 9.03. The summed E-state index contributed by atoms with van der Waals surface area (Å²) in [6, 6.07) is 10.0.